The molecule has 0 saturated carbocycles. The van der Waals surface area contributed by atoms with Crippen molar-refractivity contribution in [1.82, 2.24) is 9.96 Å². The van der Waals surface area contributed by atoms with Crippen LogP contribution in [0.25, 0.3) is 0 Å². The summed E-state index contributed by atoms with van der Waals surface area (Å²) in [5, 5.41) is 11.4. The molecule has 14 heavy (non-hydrogen) atoms. The highest BCUT2D eigenvalue weighted by Gasteiger charge is 2.50. The Bertz CT molecular complexity index is 211. The van der Waals surface area contributed by atoms with Gasteiger partial charge in [0.2, 0.25) is 0 Å². The summed E-state index contributed by atoms with van der Waals surface area (Å²) in [5.41, 5.74) is -0.0797. The number of rotatable bonds is 1. The van der Waals surface area contributed by atoms with E-state index in [1.807, 2.05) is 0 Å². The van der Waals surface area contributed by atoms with E-state index in [-0.39, 0.29) is 11.0 Å². The highest BCUT2D eigenvalue weighted by Crippen LogP contribution is 2.44. The molecule has 0 aromatic carbocycles. The Morgan fingerprint density at radius 3 is 2.14 bits per heavy atom. The smallest absolute Gasteiger partial charge is 0.0470 e. The lowest BCUT2D eigenvalue weighted by molar-refractivity contribution is -0.233. The van der Waals surface area contributed by atoms with Crippen LogP contribution in [0.5, 0.6) is 0 Å². The molecule has 3 heteroatoms. The maximum absolute atomic E-state index is 9.89. The van der Waals surface area contributed by atoms with E-state index in [2.05, 4.69) is 46.7 Å². The van der Waals surface area contributed by atoms with Crippen molar-refractivity contribution in [3.05, 3.63) is 0 Å². The second-order valence-corrected chi connectivity index (χ2v) is 5.67. The number of hydroxylamine groups is 2. The van der Waals surface area contributed by atoms with Crippen molar-refractivity contribution in [2.45, 2.75) is 45.7 Å². The van der Waals surface area contributed by atoms with E-state index >= 15 is 0 Å². The van der Waals surface area contributed by atoms with Crippen LogP contribution in [0, 0.1) is 5.41 Å². The van der Waals surface area contributed by atoms with Crippen LogP contribution >= 0.6 is 0 Å². The van der Waals surface area contributed by atoms with E-state index < -0.39 is 0 Å². The molecule has 1 N–H and O–H groups in total. The predicted octanol–water partition coefficient (Wildman–Crippen LogP) is 1.82. The van der Waals surface area contributed by atoms with E-state index in [1.165, 1.54) is 5.06 Å². The Kier molecular flexibility index (Phi) is 2.96. The van der Waals surface area contributed by atoms with Crippen molar-refractivity contribution in [3.8, 4) is 0 Å². The minimum Gasteiger partial charge on any atom is -0.313 e. The summed E-state index contributed by atoms with van der Waals surface area (Å²) in [5.74, 6) is 0. The zero-order valence-corrected chi connectivity index (χ0v) is 10.3. The zero-order valence-electron chi connectivity index (χ0n) is 10.3. The largest absolute Gasteiger partial charge is 0.313 e. The molecule has 1 saturated heterocycles. The van der Waals surface area contributed by atoms with Gasteiger partial charge in [0.15, 0.2) is 0 Å². The van der Waals surface area contributed by atoms with Crippen LogP contribution in [-0.4, -0.2) is 47.4 Å². The van der Waals surface area contributed by atoms with Gasteiger partial charge in [-0.3, -0.25) is 0 Å². The highest BCUT2D eigenvalue weighted by atomic mass is 16.5. The quantitative estimate of drug-likeness (QED) is 0.699. The molecule has 84 valence electrons. The maximum Gasteiger partial charge on any atom is 0.0470 e. The number of hydrogen-bond acceptors (Lipinski definition) is 3. The third-order valence-electron chi connectivity index (χ3n) is 4.29. The van der Waals surface area contributed by atoms with Gasteiger partial charge in [0, 0.05) is 23.5 Å². The van der Waals surface area contributed by atoms with Gasteiger partial charge in [-0.1, -0.05) is 13.8 Å². The molecule has 1 aliphatic rings. The topological polar surface area (TPSA) is 26.7 Å². The summed E-state index contributed by atoms with van der Waals surface area (Å²) < 4.78 is 0. The van der Waals surface area contributed by atoms with Crippen molar-refractivity contribution in [1.29, 1.82) is 0 Å². The van der Waals surface area contributed by atoms with E-state index in [0.717, 1.165) is 13.0 Å². The molecule has 1 heterocycles. The van der Waals surface area contributed by atoms with Gasteiger partial charge in [-0.25, -0.2) is 0 Å². The molecule has 0 spiro atoms. The lowest BCUT2D eigenvalue weighted by Gasteiger charge is -2.56. The predicted molar refractivity (Wildman–Crippen MR) is 58.4 cm³/mol. The second kappa shape index (κ2) is 3.47. The van der Waals surface area contributed by atoms with Crippen LogP contribution in [0.4, 0.5) is 0 Å². The molecule has 0 aromatic heterocycles. The first-order valence-corrected chi connectivity index (χ1v) is 5.34. The van der Waals surface area contributed by atoms with Gasteiger partial charge in [-0.05, 0) is 34.4 Å². The molecular formula is C11H24N2O. The average molecular weight is 200 g/mol. The molecule has 1 fully saturated rings. The molecule has 0 aromatic rings. The highest BCUT2D eigenvalue weighted by molar-refractivity contribution is 5.03. The van der Waals surface area contributed by atoms with E-state index in [1.54, 1.807) is 0 Å². The fourth-order valence-electron chi connectivity index (χ4n) is 2.53. The lowest BCUT2D eigenvalue weighted by atomic mass is 9.65. The molecule has 0 amide bonds. The molecule has 1 aliphatic heterocycles. The maximum atomic E-state index is 9.89. The Balaban J connectivity index is 2.97. The Labute approximate surface area is 87.7 Å². The van der Waals surface area contributed by atoms with Gasteiger partial charge in [-0.2, -0.15) is 5.06 Å². The van der Waals surface area contributed by atoms with Gasteiger partial charge in [0.25, 0.3) is 0 Å². The molecule has 0 radical (unpaired) electrons. The van der Waals surface area contributed by atoms with Gasteiger partial charge in [-0.15, -0.1) is 0 Å². The fraction of sp³-hybridized carbons (Fsp3) is 1.00. The van der Waals surface area contributed by atoms with Crippen LogP contribution < -0.4 is 0 Å². The van der Waals surface area contributed by atoms with Crippen LogP contribution in [-0.2, 0) is 0 Å². The minimum atomic E-state index is -0.166. The third kappa shape index (κ3) is 1.58. The summed E-state index contributed by atoms with van der Waals surface area (Å²) in [7, 11) is 4.24. The molecule has 1 atom stereocenters. The average Bonchev–Trinajstić information content (AvgIpc) is 2.00. The monoisotopic (exact) mass is 200 g/mol. The summed E-state index contributed by atoms with van der Waals surface area (Å²) in [6, 6.07) is 0.529. The Morgan fingerprint density at radius 2 is 1.71 bits per heavy atom. The Hall–Kier alpha value is -0.120. The first-order chi connectivity index (χ1) is 6.21. The summed E-state index contributed by atoms with van der Waals surface area (Å²) >= 11 is 0. The minimum absolute atomic E-state index is 0.0868. The molecule has 0 aliphatic carbocycles. The fourth-order valence-corrected chi connectivity index (χ4v) is 2.53. The van der Waals surface area contributed by atoms with E-state index in [4.69, 9.17) is 0 Å². The first-order valence-electron chi connectivity index (χ1n) is 5.34. The third-order valence-corrected chi connectivity index (χ3v) is 4.29. The standard InChI is InChI=1S/C11H24N2O/c1-10(2)9(12(5)6)7-8-13(14)11(10,3)4/h9,14H,7-8H2,1-6H3. The number of piperidine rings is 1. The normalized spacial score (nSPS) is 32.1. The molecule has 0 bridgehead atoms. The van der Waals surface area contributed by atoms with Crippen LogP contribution in [0.1, 0.15) is 34.1 Å². The molecule has 1 unspecified atom stereocenters. The second-order valence-electron chi connectivity index (χ2n) is 5.67. The van der Waals surface area contributed by atoms with Crippen LogP contribution in [0.3, 0.4) is 0 Å². The summed E-state index contributed by atoms with van der Waals surface area (Å²) in [4.78, 5) is 2.27. The van der Waals surface area contributed by atoms with Crippen LogP contribution in [0.15, 0.2) is 0 Å². The summed E-state index contributed by atoms with van der Waals surface area (Å²) in [6.45, 7) is 9.46. The number of hydrogen-bond donors (Lipinski definition) is 1. The number of nitrogens with zero attached hydrogens (tertiary/aromatic N) is 2. The van der Waals surface area contributed by atoms with Crippen molar-refractivity contribution in [2.24, 2.45) is 5.41 Å². The zero-order chi connectivity index (χ0) is 11.1. The van der Waals surface area contributed by atoms with Gasteiger partial charge < -0.3 is 10.1 Å². The van der Waals surface area contributed by atoms with Crippen molar-refractivity contribution >= 4 is 0 Å². The summed E-state index contributed by atoms with van der Waals surface area (Å²) in [6.07, 6.45) is 1.03. The van der Waals surface area contributed by atoms with E-state index in [9.17, 15) is 5.21 Å². The van der Waals surface area contributed by atoms with Crippen LogP contribution in [0.2, 0.25) is 0 Å². The molecular weight excluding hydrogens is 176 g/mol. The first kappa shape index (κ1) is 12.0. The van der Waals surface area contributed by atoms with Crippen molar-refractivity contribution in [2.75, 3.05) is 20.6 Å². The van der Waals surface area contributed by atoms with Crippen molar-refractivity contribution < 1.29 is 5.21 Å². The molecule has 3 nitrogen and oxygen atoms in total. The molecule has 1 rings (SSSR count). The van der Waals surface area contributed by atoms with E-state index in [0.29, 0.717) is 6.04 Å². The Morgan fingerprint density at radius 1 is 1.21 bits per heavy atom. The van der Waals surface area contributed by atoms with Gasteiger partial charge >= 0.3 is 0 Å². The van der Waals surface area contributed by atoms with Crippen molar-refractivity contribution in [3.63, 3.8) is 0 Å². The van der Waals surface area contributed by atoms with Gasteiger partial charge in [0.05, 0.1) is 0 Å². The van der Waals surface area contributed by atoms with Gasteiger partial charge in [0.1, 0.15) is 0 Å². The lowest BCUT2D eigenvalue weighted by Crippen LogP contribution is -2.64. The SMILES string of the molecule is CN(C)C1CCN(O)C(C)(C)C1(C)C.